The van der Waals surface area contributed by atoms with E-state index in [0.29, 0.717) is 5.69 Å². The van der Waals surface area contributed by atoms with E-state index < -0.39 is 5.97 Å². The zero-order valence-corrected chi connectivity index (χ0v) is 12.3. The van der Waals surface area contributed by atoms with Crippen LogP contribution in [0.5, 0.6) is 0 Å². The SMILES string of the molecule is CCCCCCC(C)OC(=O)Cn1cc(N)ccc1=O. The summed E-state index contributed by atoms with van der Waals surface area (Å²) in [7, 11) is 0. The van der Waals surface area contributed by atoms with Crippen LogP contribution in [0.2, 0.25) is 0 Å². The van der Waals surface area contributed by atoms with Gasteiger partial charge in [0, 0.05) is 18.0 Å². The van der Waals surface area contributed by atoms with Crippen LogP contribution in [0.25, 0.3) is 0 Å². The zero-order valence-electron chi connectivity index (χ0n) is 12.3. The Hall–Kier alpha value is -1.78. The first-order chi connectivity index (χ1) is 9.52. The molecule has 2 N–H and O–H groups in total. The number of nitrogens with zero attached hydrogens (tertiary/aromatic N) is 1. The number of ether oxygens (including phenoxy) is 1. The molecule has 0 saturated carbocycles. The van der Waals surface area contributed by atoms with Crippen LogP contribution in [0.15, 0.2) is 23.1 Å². The highest BCUT2D eigenvalue weighted by Crippen LogP contribution is 2.08. The smallest absolute Gasteiger partial charge is 0.326 e. The van der Waals surface area contributed by atoms with Crippen molar-refractivity contribution < 1.29 is 9.53 Å². The lowest BCUT2D eigenvalue weighted by molar-refractivity contribution is -0.149. The highest BCUT2D eigenvalue weighted by molar-refractivity contribution is 5.69. The maximum absolute atomic E-state index is 11.8. The van der Waals surface area contributed by atoms with Crippen molar-refractivity contribution in [3.63, 3.8) is 0 Å². The number of unbranched alkanes of at least 4 members (excludes halogenated alkanes) is 3. The summed E-state index contributed by atoms with van der Waals surface area (Å²) in [5.74, 6) is -0.402. The number of carbonyl (C=O) groups excluding carboxylic acids is 1. The van der Waals surface area contributed by atoms with Crippen LogP contribution in [-0.4, -0.2) is 16.6 Å². The van der Waals surface area contributed by atoms with Gasteiger partial charge in [-0.3, -0.25) is 9.59 Å². The molecule has 112 valence electrons. The van der Waals surface area contributed by atoms with Crippen LogP contribution >= 0.6 is 0 Å². The second-order valence-electron chi connectivity index (χ2n) is 5.08. The lowest BCUT2D eigenvalue weighted by atomic mass is 10.1. The number of rotatable bonds is 8. The van der Waals surface area contributed by atoms with E-state index in [9.17, 15) is 9.59 Å². The first-order valence-electron chi connectivity index (χ1n) is 7.18. The molecule has 5 nitrogen and oxygen atoms in total. The van der Waals surface area contributed by atoms with Crippen molar-refractivity contribution in [2.75, 3.05) is 5.73 Å². The number of aromatic nitrogens is 1. The first-order valence-corrected chi connectivity index (χ1v) is 7.18. The van der Waals surface area contributed by atoms with Gasteiger partial charge in [-0.05, 0) is 25.8 Å². The molecule has 0 saturated heterocycles. The Morgan fingerprint density at radius 1 is 1.35 bits per heavy atom. The number of carbonyl (C=O) groups is 1. The van der Waals surface area contributed by atoms with Crippen molar-refractivity contribution in [1.29, 1.82) is 0 Å². The molecule has 0 fully saturated rings. The first kappa shape index (κ1) is 16.3. The average Bonchev–Trinajstić information content (AvgIpc) is 2.39. The maximum atomic E-state index is 11.8. The molecular weight excluding hydrogens is 256 g/mol. The molecule has 0 spiro atoms. The minimum Gasteiger partial charge on any atom is -0.461 e. The Morgan fingerprint density at radius 2 is 2.10 bits per heavy atom. The summed E-state index contributed by atoms with van der Waals surface area (Å²) in [6, 6.07) is 2.86. The second-order valence-corrected chi connectivity index (χ2v) is 5.08. The second kappa shape index (κ2) is 8.40. The van der Waals surface area contributed by atoms with E-state index >= 15 is 0 Å². The molecule has 0 aliphatic rings. The summed E-state index contributed by atoms with van der Waals surface area (Å²) >= 11 is 0. The Bertz CT molecular complexity index is 482. The maximum Gasteiger partial charge on any atom is 0.326 e. The van der Waals surface area contributed by atoms with E-state index in [1.165, 1.54) is 35.7 Å². The third-order valence-electron chi connectivity index (χ3n) is 3.10. The quantitative estimate of drug-likeness (QED) is 0.586. The largest absolute Gasteiger partial charge is 0.461 e. The van der Waals surface area contributed by atoms with Gasteiger partial charge in [-0.25, -0.2) is 0 Å². The van der Waals surface area contributed by atoms with E-state index in [-0.39, 0.29) is 18.2 Å². The van der Waals surface area contributed by atoms with Gasteiger partial charge in [0.25, 0.3) is 5.56 Å². The number of nitrogen functional groups attached to an aromatic ring is 1. The van der Waals surface area contributed by atoms with Crippen molar-refractivity contribution in [3.05, 3.63) is 28.7 Å². The standard InChI is InChI=1S/C15H24N2O3/c1-3-4-5-6-7-12(2)20-15(19)11-17-10-13(16)8-9-14(17)18/h8-10,12H,3-7,11,16H2,1-2H3. The predicted octanol–water partition coefficient (Wildman–Crippen LogP) is 2.33. The van der Waals surface area contributed by atoms with Crippen LogP contribution in [0.4, 0.5) is 5.69 Å². The third kappa shape index (κ3) is 5.91. The van der Waals surface area contributed by atoms with E-state index in [1.807, 2.05) is 6.92 Å². The van der Waals surface area contributed by atoms with Gasteiger partial charge in [-0.2, -0.15) is 0 Å². The molecular formula is C15H24N2O3. The molecule has 1 heterocycles. The summed E-state index contributed by atoms with van der Waals surface area (Å²) in [5.41, 5.74) is 5.78. The fourth-order valence-electron chi connectivity index (χ4n) is 1.99. The molecule has 0 aliphatic heterocycles. The van der Waals surface area contributed by atoms with E-state index in [4.69, 9.17) is 10.5 Å². The van der Waals surface area contributed by atoms with Gasteiger partial charge in [0.1, 0.15) is 6.54 Å². The average molecular weight is 280 g/mol. The van der Waals surface area contributed by atoms with Crippen LogP contribution in [0.3, 0.4) is 0 Å². The van der Waals surface area contributed by atoms with Crippen molar-refractivity contribution in [1.82, 2.24) is 4.57 Å². The molecule has 20 heavy (non-hydrogen) atoms. The molecule has 1 atom stereocenters. The number of pyridine rings is 1. The van der Waals surface area contributed by atoms with E-state index in [2.05, 4.69) is 6.92 Å². The van der Waals surface area contributed by atoms with Crippen LogP contribution < -0.4 is 11.3 Å². The van der Waals surface area contributed by atoms with Crippen LogP contribution in [0, 0.1) is 0 Å². The third-order valence-corrected chi connectivity index (χ3v) is 3.10. The van der Waals surface area contributed by atoms with Gasteiger partial charge in [0.05, 0.1) is 6.10 Å². The summed E-state index contributed by atoms with van der Waals surface area (Å²) in [5, 5.41) is 0. The van der Waals surface area contributed by atoms with Gasteiger partial charge in [0.15, 0.2) is 0 Å². The fraction of sp³-hybridized carbons (Fsp3) is 0.600. The minimum atomic E-state index is -0.402. The Balaban J connectivity index is 2.39. The van der Waals surface area contributed by atoms with Crippen molar-refractivity contribution in [2.24, 2.45) is 0 Å². The van der Waals surface area contributed by atoms with Crippen molar-refractivity contribution >= 4 is 11.7 Å². The van der Waals surface area contributed by atoms with Crippen LogP contribution in [-0.2, 0) is 16.1 Å². The van der Waals surface area contributed by atoms with Crippen molar-refractivity contribution in [2.45, 2.75) is 58.6 Å². The van der Waals surface area contributed by atoms with Gasteiger partial charge in [-0.15, -0.1) is 0 Å². The van der Waals surface area contributed by atoms with Gasteiger partial charge in [0.2, 0.25) is 0 Å². The molecule has 1 rings (SSSR count). The molecule has 0 radical (unpaired) electrons. The lowest BCUT2D eigenvalue weighted by Crippen LogP contribution is -2.26. The Kier molecular flexibility index (Phi) is 6.84. The van der Waals surface area contributed by atoms with Gasteiger partial charge in [-0.1, -0.05) is 26.2 Å². The van der Waals surface area contributed by atoms with Gasteiger partial charge < -0.3 is 15.0 Å². The minimum absolute atomic E-state index is 0.0941. The molecule has 1 unspecified atom stereocenters. The van der Waals surface area contributed by atoms with Crippen molar-refractivity contribution in [3.8, 4) is 0 Å². The number of hydrogen-bond acceptors (Lipinski definition) is 4. The molecule has 0 amide bonds. The number of esters is 1. The number of nitrogens with two attached hydrogens (primary N) is 1. The zero-order chi connectivity index (χ0) is 15.0. The molecule has 5 heteroatoms. The fourth-order valence-corrected chi connectivity index (χ4v) is 1.99. The molecule has 1 aromatic heterocycles. The topological polar surface area (TPSA) is 74.3 Å². The monoisotopic (exact) mass is 280 g/mol. The lowest BCUT2D eigenvalue weighted by Gasteiger charge is -2.13. The van der Waals surface area contributed by atoms with Gasteiger partial charge >= 0.3 is 5.97 Å². The summed E-state index contributed by atoms with van der Waals surface area (Å²) in [6.07, 6.45) is 6.81. The Labute approximate surface area is 119 Å². The van der Waals surface area contributed by atoms with E-state index in [1.54, 1.807) is 0 Å². The highest BCUT2D eigenvalue weighted by atomic mass is 16.5. The predicted molar refractivity (Wildman–Crippen MR) is 79.4 cm³/mol. The normalized spacial score (nSPS) is 12.1. The number of anilines is 1. The molecule has 0 aromatic carbocycles. The van der Waals surface area contributed by atoms with E-state index in [0.717, 1.165) is 19.3 Å². The Morgan fingerprint density at radius 3 is 2.80 bits per heavy atom. The molecule has 0 aliphatic carbocycles. The number of hydrogen-bond donors (Lipinski definition) is 1. The highest BCUT2D eigenvalue weighted by Gasteiger charge is 2.10. The summed E-state index contributed by atoms with van der Waals surface area (Å²) in [4.78, 5) is 23.3. The summed E-state index contributed by atoms with van der Waals surface area (Å²) in [6.45, 7) is 3.95. The molecule has 0 bridgehead atoms. The summed E-state index contributed by atoms with van der Waals surface area (Å²) < 4.78 is 6.56. The van der Waals surface area contributed by atoms with Crippen LogP contribution in [0.1, 0.15) is 46.0 Å². The molecule has 1 aromatic rings.